The lowest BCUT2D eigenvalue weighted by Gasteiger charge is -2.21. The summed E-state index contributed by atoms with van der Waals surface area (Å²) in [6.07, 6.45) is 1.93. The molecule has 0 bridgehead atoms. The number of hydrogen-bond donors (Lipinski definition) is 5. The average Bonchev–Trinajstić information content (AvgIpc) is 3.77. The summed E-state index contributed by atoms with van der Waals surface area (Å²) in [5.74, 6) is -2.26. The van der Waals surface area contributed by atoms with E-state index in [1.807, 2.05) is 6.92 Å². The van der Waals surface area contributed by atoms with Crippen molar-refractivity contribution in [3.05, 3.63) is 24.2 Å². The highest BCUT2D eigenvalue weighted by molar-refractivity contribution is 5.90. The monoisotopic (exact) mass is 978 g/mol. The van der Waals surface area contributed by atoms with E-state index in [1.165, 1.54) is 5.06 Å². The van der Waals surface area contributed by atoms with Gasteiger partial charge in [0.15, 0.2) is 6.61 Å². The molecule has 0 unspecified atom stereocenters. The second kappa shape index (κ2) is 41.4. The molecule has 25 nitrogen and oxygen atoms in total. The first-order chi connectivity index (χ1) is 32.8. The molecule has 5 N–H and O–H groups in total. The lowest BCUT2D eigenvalue weighted by Crippen LogP contribution is -2.45. The van der Waals surface area contributed by atoms with E-state index < -0.39 is 36.3 Å². The van der Waals surface area contributed by atoms with E-state index in [1.54, 1.807) is 17.8 Å². The maximum atomic E-state index is 12.0. The first kappa shape index (κ1) is 61.4. The number of hydrogen-bond acceptors (Lipinski definition) is 19. The van der Waals surface area contributed by atoms with Crippen molar-refractivity contribution in [3.63, 3.8) is 0 Å². The molecule has 0 aliphatic heterocycles. The van der Waals surface area contributed by atoms with Gasteiger partial charge in [0.25, 0.3) is 0 Å². The van der Waals surface area contributed by atoms with Gasteiger partial charge in [-0.3, -0.25) is 29.1 Å². The minimum absolute atomic E-state index is 0.0606. The summed E-state index contributed by atoms with van der Waals surface area (Å²) in [6, 6.07) is 0. The molecule has 0 saturated heterocycles. The number of amides is 5. The second-order valence-corrected chi connectivity index (χ2v) is 15.7. The van der Waals surface area contributed by atoms with Crippen LogP contribution in [0.5, 0.6) is 0 Å². The minimum Gasteiger partial charge on any atom is -0.443 e. The molecular formula is C43H79N9O16. The summed E-state index contributed by atoms with van der Waals surface area (Å²) in [5, 5.41) is 21.4. The van der Waals surface area contributed by atoms with Crippen LogP contribution in [0, 0.1) is 5.41 Å². The zero-order chi connectivity index (χ0) is 49.9. The van der Waals surface area contributed by atoms with Crippen LogP contribution in [-0.4, -0.2) is 215 Å². The molecule has 0 radical (unpaired) electrons. The summed E-state index contributed by atoms with van der Waals surface area (Å²) < 4.78 is 56.3. The van der Waals surface area contributed by atoms with E-state index in [9.17, 15) is 24.0 Å². The lowest BCUT2D eigenvalue weighted by atomic mass is 9.93. The summed E-state index contributed by atoms with van der Waals surface area (Å²) in [4.78, 5) is 65.0. The zero-order valence-electron chi connectivity index (χ0n) is 40.9. The van der Waals surface area contributed by atoms with Gasteiger partial charge in [0.1, 0.15) is 12.3 Å². The highest BCUT2D eigenvalue weighted by Gasteiger charge is 2.12. The number of aromatic nitrogens is 3. The number of hydroxylamine groups is 2. The SMILES string of the molecule is C=C(C)N(CC)OCC(=O)NCC(=O)NCC(=O)NCC(=O)NCCNC(=O)OCc1cn(CCOCCOCCOCCOCCOCCOCCOCCOCCOCCC(C)(C)C)nn1. The van der Waals surface area contributed by atoms with Crippen molar-refractivity contribution in [2.24, 2.45) is 5.41 Å². The number of allylic oxidation sites excluding steroid dienone is 1. The van der Waals surface area contributed by atoms with Gasteiger partial charge in [0.2, 0.25) is 23.6 Å². The van der Waals surface area contributed by atoms with E-state index >= 15 is 0 Å². The Kier molecular flexibility index (Phi) is 37.4. The van der Waals surface area contributed by atoms with E-state index in [0.717, 1.165) is 13.0 Å². The summed E-state index contributed by atoms with van der Waals surface area (Å²) >= 11 is 0. The van der Waals surface area contributed by atoms with Gasteiger partial charge in [0.05, 0.1) is 145 Å². The smallest absolute Gasteiger partial charge is 0.407 e. The van der Waals surface area contributed by atoms with Crippen LogP contribution in [0.15, 0.2) is 18.5 Å². The fraction of sp³-hybridized carbons (Fsp3) is 0.791. The number of ether oxygens (including phenoxy) is 10. The molecule has 0 spiro atoms. The van der Waals surface area contributed by atoms with Crippen LogP contribution in [0.25, 0.3) is 0 Å². The first-order valence-corrected chi connectivity index (χ1v) is 22.9. The zero-order valence-corrected chi connectivity index (χ0v) is 40.9. The quantitative estimate of drug-likeness (QED) is 0.0401. The van der Waals surface area contributed by atoms with Crippen LogP contribution in [0.2, 0.25) is 0 Å². The summed E-state index contributed by atoms with van der Waals surface area (Å²) in [5.41, 5.74) is 1.34. The van der Waals surface area contributed by atoms with Gasteiger partial charge in [-0.25, -0.2) is 9.48 Å². The van der Waals surface area contributed by atoms with Gasteiger partial charge >= 0.3 is 6.09 Å². The third-order valence-corrected chi connectivity index (χ3v) is 8.49. The highest BCUT2D eigenvalue weighted by Crippen LogP contribution is 2.17. The number of rotatable bonds is 45. The van der Waals surface area contributed by atoms with Crippen molar-refractivity contribution in [1.29, 1.82) is 0 Å². The summed E-state index contributed by atoms with van der Waals surface area (Å²) in [6.45, 7) is 22.2. The van der Waals surface area contributed by atoms with Crippen molar-refractivity contribution in [2.45, 2.75) is 54.2 Å². The minimum atomic E-state index is -0.724. The van der Waals surface area contributed by atoms with E-state index in [4.69, 9.17) is 52.2 Å². The van der Waals surface area contributed by atoms with Gasteiger partial charge in [-0.05, 0) is 25.7 Å². The Balaban J connectivity index is 1.87. The molecule has 0 aromatic carbocycles. The molecule has 1 heterocycles. The molecular weight excluding hydrogens is 899 g/mol. The maximum absolute atomic E-state index is 12.0. The van der Waals surface area contributed by atoms with Gasteiger partial charge in [-0.1, -0.05) is 32.6 Å². The molecule has 0 fully saturated rings. The number of nitrogens with one attached hydrogen (secondary N) is 5. The van der Waals surface area contributed by atoms with Crippen molar-refractivity contribution in [2.75, 3.05) is 165 Å². The molecule has 0 saturated carbocycles. The molecule has 0 aliphatic carbocycles. The second-order valence-electron chi connectivity index (χ2n) is 15.7. The van der Waals surface area contributed by atoms with Gasteiger partial charge in [-0.2, -0.15) is 0 Å². The molecule has 25 heteroatoms. The Labute approximate surface area is 400 Å². The third-order valence-electron chi connectivity index (χ3n) is 8.49. The van der Waals surface area contributed by atoms with Crippen LogP contribution < -0.4 is 26.6 Å². The van der Waals surface area contributed by atoms with Crippen molar-refractivity contribution in [1.82, 2.24) is 46.6 Å². The lowest BCUT2D eigenvalue weighted by molar-refractivity contribution is -0.154. The van der Waals surface area contributed by atoms with Crippen LogP contribution in [0.1, 0.15) is 46.7 Å². The molecule has 68 heavy (non-hydrogen) atoms. The highest BCUT2D eigenvalue weighted by atomic mass is 16.7. The number of nitrogens with zero attached hydrogens (tertiary/aromatic N) is 4. The van der Waals surface area contributed by atoms with Crippen molar-refractivity contribution in [3.8, 4) is 0 Å². The third kappa shape index (κ3) is 39.4. The van der Waals surface area contributed by atoms with Crippen LogP contribution in [-0.2, 0) is 84.5 Å². The predicted octanol–water partition coefficient (Wildman–Crippen LogP) is -0.658. The van der Waals surface area contributed by atoms with Gasteiger partial charge < -0.3 is 74.0 Å². The standard InChI is InChI=1S/C43H79N9O16/c1-7-52(36(2)3)68-35-41(56)48-32-40(55)47-31-39(54)46-30-38(53)44-9-10-45-42(57)67-34-37-33-51(50-49-37)11-13-59-15-17-61-19-21-63-23-25-65-27-29-66-28-26-64-24-22-62-20-18-60-16-14-58-12-8-43(4,5)6/h33H,2,7-32,34-35H2,1,3-6H3,(H,44,53)(H,45,57)(H,46,54)(H,47,55)(H,48,56). The molecule has 5 amide bonds. The number of carbonyl (C=O) groups excluding carboxylic acids is 5. The Hall–Kier alpha value is -4.57. The van der Waals surface area contributed by atoms with Crippen LogP contribution in [0.4, 0.5) is 4.79 Å². The molecule has 0 aliphatic rings. The van der Waals surface area contributed by atoms with Crippen LogP contribution in [0.3, 0.4) is 0 Å². The molecule has 392 valence electrons. The topological polar surface area (TPSA) is 281 Å². The van der Waals surface area contributed by atoms with Crippen molar-refractivity contribution < 1.29 is 76.2 Å². The van der Waals surface area contributed by atoms with Gasteiger partial charge in [0, 0.05) is 31.9 Å². The average molecular weight is 978 g/mol. The fourth-order valence-electron chi connectivity index (χ4n) is 4.85. The maximum Gasteiger partial charge on any atom is 0.407 e. The Morgan fingerprint density at radius 3 is 1.41 bits per heavy atom. The molecule has 1 aromatic rings. The molecule has 1 aromatic heterocycles. The normalized spacial score (nSPS) is 11.2. The van der Waals surface area contributed by atoms with E-state index in [0.29, 0.717) is 137 Å². The van der Waals surface area contributed by atoms with Gasteiger partial charge in [-0.15, -0.1) is 5.10 Å². The Bertz CT molecular complexity index is 1500. The molecule has 0 atom stereocenters. The van der Waals surface area contributed by atoms with Crippen LogP contribution >= 0.6 is 0 Å². The van der Waals surface area contributed by atoms with Crippen molar-refractivity contribution >= 4 is 29.7 Å². The fourth-order valence-corrected chi connectivity index (χ4v) is 4.85. The van der Waals surface area contributed by atoms with E-state index in [-0.39, 0.29) is 44.8 Å². The van der Waals surface area contributed by atoms with E-state index in [2.05, 4.69) is 64.2 Å². The Morgan fingerprint density at radius 1 is 0.588 bits per heavy atom. The summed E-state index contributed by atoms with van der Waals surface area (Å²) in [7, 11) is 0. The Morgan fingerprint density at radius 2 is 0.985 bits per heavy atom. The largest absolute Gasteiger partial charge is 0.443 e. The first-order valence-electron chi connectivity index (χ1n) is 22.9. The number of alkyl carbamates (subject to hydrolysis) is 1. The molecule has 1 rings (SSSR count). The number of carbonyl (C=O) groups is 5. The predicted molar refractivity (Wildman–Crippen MR) is 245 cm³/mol.